The van der Waals surface area contributed by atoms with Gasteiger partial charge in [0.2, 0.25) is 10.0 Å². The van der Waals surface area contributed by atoms with Crippen LogP contribution in [-0.4, -0.2) is 19.9 Å². The first-order chi connectivity index (χ1) is 11.0. The molecule has 2 rings (SSSR count). The molecule has 5 nitrogen and oxygen atoms in total. The summed E-state index contributed by atoms with van der Waals surface area (Å²) in [6, 6.07) is 8.07. The van der Waals surface area contributed by atoms with Gasteiger partial charge in [-0.15, -0.1) is 11.3 Å². The third kappa shape index (κ3) is 4.66. The fourth-order valence-electron chi connectivity index (χ4n) is 2.26. The summed E-state index contributed by atoms with van der Waals surface area (Å²) < 4.78 is 27.4. The Kier molecular flexibility index (Phi) is 5.17. The molecular weight excluding hydrogens is 344 g/mol. The lowest BCUT2D eigenvalue weighted by atomic mass is 10.1. The molecule has 0 bridgehead atoms. The highest BCUT2D eigenvalue weighted by Gasteiger charge is 2.22. The van der Waals surface area contributed by atoms with Gasteiger partial charge in [0, 0.05) is 21.0 Å². The van der Waals surface area contributed by atoms with Crippen molar-refractivity contribution >= 4 is 33.0 Å². The van der Waals surface area contributed by atoms with Crippen LogP contribution in [0.1, 0.15) is 40.9 Å². The topological polar surface area (TPSA) is 75.3 Å². The number of benzene rings is 1. The van der Waals surface area contributed by atoms with Gasteiger partial charge in [0.25, 0.3) is 5.91 Å². The van der Waals surface area contributed by atoms with Crippen LogP contribution in [0.4, 0.5) is 5.69 Å². The van der Waals surface area contributed by atoms with Gasteiger partial charge in [0.1, 0.15) is 0 Å². The Labute approximate surface area is 147 Å². The van der Waals surface area contributed by atoms with Crippen LogP contribution in [0.25, 0.3) is 0 Å². The van der Waals surface area contributed by atoms with Crippen LogP contribution in [0.2, 0.25) is 0 Å². The minimum absolute atomic E-state index is 0.119. The fourth-order valence-corrected chi connectivity index (χ4v) is 4.64. The summed E-state index contributed by atoms with van der Waals surface area (Å²) in [5.41, 5.74) is 0.474. The van der Waals surface area contributed by atoms with Gasteiger partial charge < -0.3 is 5.32 Å². The molecule has 7 heteroatoms. The quantitative estimate of drug-likeness (QED) is 0.866. The highest BCUT2D eigenvalue weighted by Crippen LogP contribution is 2.23. The zero-order valence-corrected chi connectivity index (χ0v) is 16.1. The average Bonchev–Trinajstić information content (AvgIpc) is 2.75. The number of thiophene rings is 1. The number of nitrogens with one attached hydrogen (secondary N) is 2. The smallest absolute Gasteiger partial charge is 0.256 e. The summed E-state index contributed by atoms with van der Waals surface area (Å²) in [7, 11) is -3.64. The number of hydrogen-bond acceptors (Lipinski definition) is 4. The number of rotatable bonds is 4. The molecule has 0 atom stereocenters. The molecule has 0 saturated carbocycles. The van der Waals surface area contributed by atoms with Crippen LogP contribution < -0.4 is 10.0 Å². The Morgan fingerprint density at radius 2 is 1.79 bits per heavy atom. The van der Waals surface area contributed by atoms with E-state index in [9.17, 15) is 13.2 Å². The second kappa shape index (κ2) is 6.66. The van der Waals surface area contributed by atoms with Crippen molar-refractivity contribution in [1.82, 2.24) is 4.72 Å². The molecule has 1 heterocycles. The van der Waals surface area contributed by atoms with E-state index in [1.54, 1.807) is 44.2 Å². The molecule has 130 valence electrons. The Hall–Kier alpha value is -1.70. The maximum absolute atomic E-state index is 12.4. The van der Waals surface area contributed by atoms with Gasteiger partial charge in [0.15, 0.2) is 0 Å². The Bertz CT molecular complexity index is 862. The number of carbonyl (C=O) groups excluding carboxylic acids is 1. The molecule has 0 unspecified atom stereocenters. The van der Waals surface area contributed by atoms with Crippen LogP contribution in [0.5, 0.6) is 0 Å². The maximum Gasteiger partial charge on any atom is 0.256 e. The fraction of sp³-hybridized carbons (Fsp3) is 0.353. The van der Waals surface area contributed by atoms with Gasteiger partial charge in [-0.05, 0) is 58.9 Å². The summed E-state index contributed by atoms with van der Waals surface area (Å²) in [5.74, 6) is -0.241. The van der Waals surface area contributed by atoms with E-state index in [4.69, 9.17) is 0 Å². The number of hydrogen-bond donors (Lipinski definition) is 2. The van der Waals surface area contributed by atoms with Crippen molar-refractivity contribution in [1.29, 1.82) is 0 Å². The third-order valence-electron chi connectivity index (χ3n) is 3.13. The molecule has 2 aromatic rings. The first kappa shape index (κ1) is 18.6. The molecular formula is C17H22N2O3S2. The van der Waals surface area contributed by atoms with Gasteiger partial charge in [-0.1, -0.05) is 6.07 Å². The number of anilines is 1. The molecule has 0 fully saturated rings. The Balaban J connectivity index is 2.25. The molecule has 1 aromatic carbocycles. The number of amides is 1. The molecule has 2 N–H and O–H groups in total. The Morgan fingerprint density at radius 1 is 1.12 bits per heavy atom. The van der Waals surface area contributed by atoms with Crippen LogP contribution in [0.3, 0.4) is 0 Å². The van der Waals surface area contributed by atoms with Crippen molar-refractivity contribution in [2.45, 2.75) is 45.1 Å². The average molecular weight is 367 g/mol. The van der Waals surface area contributed by atoms with Crippen LogP contribution in [0.15, 0.2) is 35.2 Å². The molecule has 0 spiro atoms. The molecule has 0 radical (unpaired) electrons. The monoisotopic (exact) mass is 366 g/mol. The summed E-state index contributed by atoms with van der Waals surface area (Å²) in [5, 5.41) is 2.76. The standard InChI is InChI=1S/C17H22N2O3S2/c1-11-9-15(12(2)23-11)16(20)18-13-7-6-8-14(10-13)24(21,22)19-17(3,4)5/h6-10,19H,1-5H3,(H,18,20). The SMILES string of the molecule is Cc1cc(C(=O)Nc2cccc(S(=O)(=O)NC(C)(C)C)c2)c(C)s1. The summed E-state index contributed by atoms with van der Waals surface area (Å²) in [6.07, 6.45) is 0. The molecule has 24 heavy (non-hydrogen) atoms. The van der Waals surface area contributed by atoms with Gasteiger partial charge in [-0.25, -0.2) is 13.1 Å². The largest absolute Gasteiger partial charge is 0.322 e. The van der Waals surface area contributed by atoms with E-state index in [1.807, 2.05) is 19.9 Å². The summed E-state index contributed by atoms with van der Waals surface area (Å²) in [4.78, 5) is 14.5. The molecule has 0 aliphatic heterocycles. The molecule has 1 amide bonds. The van der Waals surface area contributed by atoms with E-state index < -0.39 is 15.6 Å². The van der Waals surface area contributed by atoms with Crippen molar-refractivity contribution in [3.63, 3.8) is 0 Å². The molecule has 0 aliphatic carbocycles. The van der Waals surface area contributed by atoms with Crippen molar-refractivity contribution in [2.24, 2.45) is 0 Å². The summed E-state index contributed by atoms with van der Waals surface area (Å²) in [6.45, 7) is 9.16. The van der Waals surface area contributed by atoms with Gasteiger partial charge in [-0.2, -0.15) is 0 Å². The van der Waals surface area contributed by atoms with Crippen molar-refractivity contribution in [3.05, 3.63) is 45.6 Å². The molecule has 0 saturated heterocycles. The lowest BCUT2D eigenvalue weighted by molar-refractivity contribution is 0.102. The lowest BCUT2D eigenvalue weighted by Gasteiger charge is -2.20. The second-order valence-electron chi connectivity index (χ2n) is 6.66. The van der Waals surface area contributed by atoms with Crippen LogP contribution >= 0.6 is 11.3 Å². The van der Waals surface area contributed by atoms with E-state index in [1.165, 1.54) is 12.1 Å². The van der Waals surface area contributed by atoms with Gasteiger partial charge in [0.05, 0.1) is 10.5 Å². The number of sulfonamides is 1. The lowest BCUT2D eigenvalue weighted by Crippen LogP contribution is -2.40. The number of aryl methyl sites for hydroxylation is 2. The Morgan fingerprint density at radius 3 is 2.33 bits per heavy atom. The molecule has 0 aliphatic rings. The first-order valence-corrected chi connectivity index (χ1v) is 9.80. The molecule has 1 aromatic heterocycles. The van der Waals surface area contributed by atoms with Crippen LogP contribution in [-0.2, 0) is 10.0 Å². The van der Waals surface area contributed by atoms with E-state index in [2.05, 4.69) is 10.0 Å². The highest BCUT2D eigenvalue weighted by molar-refractivity contribution is 7.89. The van der Waals surface area contributed by atoms with Crippen molar-refractivity contribution in [2.75, 3.05) is 5.32 Å². The third-order valence-corrected chi connectivity index (χ3v) is 5.85. The predicted molar refractivity (Wildman–Crippen MR) is 98.3 cm³/mol. The van der Waals surface area contributed by atoms with Crippen molar-refractivity contribution in [3.8, 4) is 0 Å². The second-order valence-corrected chi connectivity index (χ2v) is 9.81. The van der Waals surface area contributed by atoms with E-state index in [-0.39, 0.29) is 10.8 Å². The summed E-state index contributed by atoms with van der Waals surface area (Å²) >= 11 is 1.56. The van der Waals surface area contributed by atoms with Gasteiger partial charge in [-0.3, -0.25) is 4.79 Å². The highest BCUT2D eigenvalue weighted by atomic mass is 32.2. The normalized spacial score (nSPS) is 12.2. The zero-order valence-electron chi connectivity index (χ0n) is 14.4. The van der Waals surface area contributed by atoms with Crippen LogP contribution in [0, 0.1) is 13.8 Å². The number of carbonyl (C=O) groups is 1. The minimum atomic E-state index is -3.64. The predicted octanol–water partition coefficient (Wildman–Crippen LogP) is 3.69. The van der Waals surface area contributed by atoms with E-state index >= 15 is 0 Å². The minimum Gasteiger partial charge on any atom is -0.322 e. The zero-order chi connectivity index (χ0) is 18.1. The van der Waals surface area contributed by atoms with Gasteiger partial charge >= 0.3 is 0 Å². The first-order valence-electron chi connectivity index (χ1n) is 7.50. The maximum atomic E-state index is 12.4. The van der Waals surface area contributed by atoms with Crippen molar-refractivity contribution < 1.29 is 13.2 Å². The van der Waals surface area contributed by atoms with E-state index in [0.29, 0.717) is 11.3 Å². The van der Waals surface area contributed by atoms with E-state index in [0.717, 1.165) is 9.75 Å².